The standard InChI is InChI=1S/C27H32ClF3N6O4S/c1-14-10-36(11-15(2)37(14)25(40)41-26(3,4)5)23-17-8-18(27(29,30)31)20(28)22(21(17)34-24(39)35-23)42-13-16(12-38)19-9-32-6-7-33-19/h6-9,14-16,38H,10-13H2,1-5H3,(H,34,35,39)/t14-,15+,16?. The molecule has 4 rings (SSSR count). The van der Waals surface area contributed by atoms with Crippen LogP contribution in [0.1, 0.15) is 51.8 Å². The first-order valence-corrected chi connectivity index (χ1v) is 14.6. The molecule has 0 bridgehead atoms. The fourth-order valence-corrected chi connectivity index (χ4v) is 6.52. The lowest BCUT2D eigenvalue weighted by Crippen LogP contribution is -2.59. The lowest BCUT2D eigenvalue weighted by molar-refractivity contribution is -0.137. The summed E-state index contributed by atoms with van der Waals surface area (Å²) >= 11 is 7.31. The number of carbonyl (C=O) groups is 1. The first-order valence-electron chi connectivity index (χ1n) is 13.2. The molecule has 1 fully saturated rings. The van der Waals surface area contributed by atoms with Crippen molar-refractivity contribution in [2.24, 2.45) is 0 Å². The largest absolute Gasteiger partial charge is 0.444 e. The number of amides is 1. The third kappa shape index (κ3) is 6.92. The molecule has 0 spiro atoms. The molecule has 0 aliphatic carbocycles. The van der Waals surface area contributed by atoms with Crippen molar-refractivity contribution in [2.75, 3.05) is 30.3 Å². The molecule has 10 nitrogen and oxygen atoms in total. The van der Waals surface area contributed by atoms with E-state index in [0.717, 1.165) is 17.8 Å². The van der Waals surface area contributed by atoms with Crippen LogP contribution in [0.5, 0.6) is 0 Å². The van der Waals surface area contributed by atoms with E-state index >= 15 is 0 Å². The average Bonchev–Trinajstić information content (AvgIpc) is 2.88. The van der Waals surface area contributed by atoms with E-state index in [1.54, 1.807) is 44.4 Å². The second kappa shape index (κ2) is 12.3. The molecule has 2 N–H and O–H groups in total. The van der Waals surface area contributed by atoms with Gasteiger partial charge in [-0.1, -0.05) is 11.6 Å². The molecule has 2 aromatic heterocycles. The number of carbonyl (C=O) groups excluding carboxylic acids is 1. The number of alkyl halides is 3. The fourth-order valence-electron chi connectivity index (χ4n) is 4.92. The topological polar surface area (TPSA) is 125 Å². The second-order valence-corrected chi connectivity index (χ2v) is 12.6. The molecule has 3 heterocycles. The van der Waals surface area contributed by atoms with Gasteiger partial charge >= 0.3 is 18.0 Å². The molecule has 1 aromatic carbocycles. The minimum atomic E-state index is -4.80. The van der Waals surface area contributed by atoms with E-state index in [1.165, 1.54) is 18.6 Å². The lowest BCUT2D eigenvalue weighted by Gasteiger charge is -2.45. The molecule has 0 radical (unpaired) electrons. The number of aliphatic hydroxyl groups is 1. The number of hydrogen-bond acceptors (Lipinski definition) is 9. The number of halogens is 4. The Kier molecular flexibility index (Phi) is 9.28. The van der Waals surface area contributed by atoms with E-state index in [-0.39, 0.29) is 47.1 Å². The summed E-state index contributed by atoms with van der Waals surface area (Å²) in [4.78, 5) is 43.8. The highest BCUT2D eigenvalue weighted by molar-refractivity contribution is 7.99. The number of rotatable bonds is 6. The first-order chi connectivity index (χ1) is 19.6. The predicted octanol–water partition coefficient (Wildman–Crippen LogP) is 5.09. The van der Waals surface area contributed by atoms with E-state index < -0.39 is 52.1 Å². The number of aromatic amines is 1. The van der Waals surface area contributed by atoms with Gasteiger partial charge in [-0.05, 0) is 40.7 Å². The van der Waals surface area contributed by atoms with Crippen LogP contribution in [0, 0.1) is 0 Å². The Hall–Kier alpha value is -3.10. The monoisotopic (exact) mass is 628 g/mol. The van der Waals surface area contributed by atoms with Gasteiger partial charge in [-0.3, -0.25) is 14.9 Å². The number of fused-ring (bicyclic) bond motifs is 1. The quantitative estimate of drug-likeness (QED) is 0.359. The van der Waals surface area contributed by atoms with E-state index in [1.807, 2.05) is 0 Å². The smallest absolute Gasteiger partial charge is 0.417 e. The van der Waals surface area contributed by atoms with Gasteiger partial charge in [0.05, 0.1) is 45.4 Å². The maximum atomic E-state index is 14.2. The van der Waals surface area contributed by atoms with Crippen LogP contribution in [0.2, 0.25) is 5.02 Å². The van der Waals surface area contributed by atoms with Gasteiger partial charge in [0.25, 0.3) is 0 Å². The fraction of sp³-hybridized carbons (Fsp3) is 0.519. The molecule has 1 aliphatic rings. The minimum absolute atomic E-state index is 0.00179. The molecular formula is C27H32ClF3N6O4S. The van der Waals surface area contributed by atoms with Crippen molar-refractivity contribution in [2.45, 2.75) is 69.3 Å². The van der Waals surface area contributed by atoms with Crippen molar-refractivity contribution >= 4 is 46.2 Å². The average molecular weight is 629 g/mol. The Labute approximate surface area is 249 Å². The molecule has 3 aromatic rings. The number of nitrogens with zero attached hydrogens (tertiary/aromatic N) is 5. The first kappa shape index (κ1) is 31.8. The highest BCUT2D eigenvalue weighted by atomic mass is 35.5. The minimum Gasteiger partial charge on any atom is -0.444 e. The number of aromatic nitrogens is 4. The number of H-pyrrole nitrogens is 1. The maximum absolute atomic E-state index is 14.2. The summed E-state index contributed by atoms with van der Waals surface area (Å²) in [7, 11) is 0. The Morgan fingerprint density at radius 2 is 1.90 bits per heavy atom. The number of nitrogens with one attached hydrogen (secondary N) is 1. The molecule has 1 amide bonds. The van der Waals surface area contributed by atoms with Gasteiger partial charge in [-0.25, -0.2) is 9.59 Å². The molecule has 1 saturated heterocycles. The summed E-state index contributed by atoms with van der Waals surface area (Å²) in [5, 5.41) is 9.43. The summed E-state index contributed by atoms with van der Waals surface area (Å²) in [5.41, 5.74) is -2.00. The maximum Gasteiger partial charge on any atom is 0.417 e. The Balaban J connectivity index is 1.77. The predicted molar refractivity (Wildman–Crippen MR) is 154 cm³/mol. The highest BCUT2D eigenvalue weighted by Gasteiger charge is 2.39. The zero-order chi connectivity index (χ0) is 31.0. The molecule has 0 saturated carbocycles. The van der Waals surface area contributed by atoms with Crippen LogP contribution in [0.3, 0.4) is 0 Å². The third-order valence-electron chi connectivity index (χ3n) is 6.68. The summed E-state index contributed by atoms with van der Waals surface area (Å²) in [6.45, 7) is 8.93. The van der Waals surface area contributed by atoms with Gasteiger partial charge in [0.15, 0.2) is 0 Å². The van der Waals surface area contributed by atoms with Crippen LogP contribution < -0.4 is 10.6 Å². The van der Waals surface area contributed by atoms with E-state index in [0.29, 0.717) is 5.69 Å². The number of benzene rings is 1. The van der Waals surface area contributed by atoms with Gasteiger partial charge in [0.1, 0.15) is 11.4 Å². The van der Waals surface area contributed by atoms with E-state index in [9.17, 15) is 27.9 Å². The van der Waals surface area contributed by atoms with Crippen LogP contribution in [-0.4, -0.2) is 79.2 Å². The van der Waals surface area contributed by atoms with Crippen molar-refractivity contribution < 1.29 is 27.8 Å². The molecule has 1 aliphatic heterocycles. The number of hydrogen-bond donors (Lipinski definition) is 2. The Bertz CT molecular complexity index is 1490. The van der Waals surface area contributed by atoms with Crippen LogP contribution >= 0.6 is 23.4 Å². The van der Waals surface area contributed by atoms with Gasteiger partial charge < -0.3 is 19.7 Å². The normalized spacial score (nSPS) is 18.8. The summed E-state index contributed by atoms with van der Waals surface area (Å²) in [6.07, 6.45) is -0.912. The van der Waals surface area contributed by atoms with Crippen molar-refractivity contribution in [3.05, 3.63) is 51.4 Å². The highest BCUT2D eigenvalue weighted by Crippen LogP contribution is 2.45. The van der Waals surface area contributed by atoms with Crippen LogP contribution in [0.4, 0.5) is 23.8 Å². The van der Waals surface area contributed by atoms with Crippen molar-refractivity contribution in [1.29, 1.82) is 0 Å². The molecule has 1 unspecified atom stereocenters. The number of aliphatic hydroxyl groups excluding tert-OH is 1. The zero-order valence-corrected chi connectivity index (χ0v) is 25.3. The van der Waals surface area contributed by atoms with Gasteiger partial charge in [0, 0.05) is 48.7 Å². The molecular weight excluding hydrogens is 597 g/mol. The molecule has 42 heavy (non-hydrogen) atoms. The summed E-state index contributed by atoms with van der Waals surface area (Å²) in [5.74, 6) is -0.402. The molecule has 15 heteroatoms. The second-order valence-electron chi connectivity index (χ2n) is 11.2. The Morgan fingerprint density at radius 1 is 1.24 bits per heavy atom. The van der Waals surface area contributed by atoms with Gasteiger partial charge in [-0.2, -0.15) is 18.2 Å². The van der Waals surface area contributed by atoms with Gasteiger partial charge in [0.2, 0.25) is 0 Å². The van der Waals surface area contributed by atoms with E-state index in [4.69, 9.17) is 16.3 Å². The lowest BCUT2D eigenvalue weighted by atomic mass is 10.1. The summed E-state index contributed by atoms with van der Waals surface area (Å²) in [6, 6.07) is 0.0856. The van der Waals surface area contributed by atoms with Crippen LogP contribution in [-0.2, 0) is 10.9 Å². The van der Waals surface area contributed by atoms with Gasteiger partial charge in [-0.15, -0.1) is 11.8 Å². The van der Waals surface area contributed by atoms with Crippen molar-refractivity contribution in [3.63, 3.8) is 0 Å². The van der Waals surface area contributed by atoms with Crippen molar-refractivity contribution in [1.82, 2.24) is 24.8 Å². The number of anilines is 1. The summed E-state index contributed by atoms with van der Waals surface area (Å²) < 4.78 is 48.2. The zero-order valence-electron chi connectivity index (χ0n) is 23.7. The van der Waals surface area contributed by atoms with Crippen molar-refractivity contribution in [3.8, 4) is 0 Å². The van der Waals surface area contributed by atoms with Crippen LogP contribution in [0.25, 0.3) is 10.9 Å². The van der Waals surface area contributed by atoms with Crippen LogP contribution in [0.15, 0.2) is 34.3 Å². The molecule has 3 atom stereocenters. The number of thioether (sulfide) groups is 1. The molecule has 228 valence electrons. The number of piperazine rings is 1. The SMILES string of the molecule is C[C@@H]1CN(c2nc(=O)[nH]c3c(SCC(CO)c4cnccn4)c(Cl)c(C(F)(F)F)cc23)C[C@H](C)N1C(=O)OC(C)(C)C. The Morgan fingerprint density at radius 3 is 2.45 bits per heavy atom. The third-order valence-corrected chi connectivity index (χ3v) is 8.45. The van der Waals surface area contributed by atoms with E-state index in [2.05, 4.69) is 19.9 Å². The number of ether oxygens (including phenoxy) is 1.